The standard InChI is InChI=1S/C11H10ClN5S/c12-8-6-13-10(14-7-8)16-17-11(18)15-9-4-2-1-3-5-9/h1-7H,(H,13,14,16)(H2,15,17,18). The number of aromatic nitrogens is 2. The highest BCUT2D eigenvalue weighted by molar-refractivity contribution is 7.80. The van der Waals surface area contributed by atoms with Crippen molar-refractivity contribution in [2.24, 2.45) is 0 Å². The molecule has 1 aromatic carbocycles. The molecule has 0 saturated heterocycles. The van der Waals surface area contributed by atoms with Crippen molar-refractivity contribution in [2.75, 3.05) is 10.7 Å². The number of thiocarbonyl (C=S) groups is 1. The van der Waals surface area contributed by atoms with Crippen LogP contribution in [0.15, 0.2) is 42.7 Å². The minimum Gasteiger partial charge on any atom is -0.331 e. The highest BCUT2D eigenvalue weighted by Gasteiger charge is 1.98. The van der Waals surface area contributed by atoms with E-state index in [0.717, 1.165) is 5.69 Å². The number of para-hydroxylation sites is 1. The Morgan fingerprint density at radius 3 is 2.44 bits per heavy atom. The number of benzene rings is 1. The van der Waals surface area contributed by atoms with Gasteiger partial charge in [0.15, 0.2) is 5.11 Å². The molecule has 1 heterocycles. The Morgan fingerprint density at radius 1 is 1.11 bits per heavy atom. The molecule has 7 heteroatoms. The van der Waals surface area contributed by atoms with Gasteiger partial charge in [-0.15, -0.1) is 0 Å². The summed E-state index contributed by atoms with van der Waals surface area (Å²) in [4.78, 5) is 7.91. The van der Waals surface area contributed by atoms with Gasteiger partial charge in [0.2, 0.25) is 5.95 Å². The Morgan fingerprint density at radius 2 is 1.78 bits per heavy atom. The molecule has 18 heavy (non-hydrogen) atoms. The van der Waals surface area contributed by atoms with E-state index >= 15 is 0 Å². The lowest BCUT2D eigenvalue weighted by Gasteiger charge is -2.10. The molecule has 0 saturated carbocycles. The summed E-state index contributed by atoms with van der Waals surface area (Å²) >= 11 is 10.8. The summed E-state index contributed by atoms with van der Waals surface area (Å²) in [6, 6.07) is 9.59. The van der Waals surface area contributed by atoms with Crippen molar-refractivity contribution in [1.29, 1.82) is 0 Å². The van der Waals surface area contributed by atoms with Gasteiger partial charge >= 0.3 is 0 Å². The van der Waals surface area contributed by atoms with E-state index in [1.165, 1.54) is 12.4 Å². The largest absolute Gasteiger partial charge is 0.331 e. The molecule has 0 unspecified atom stereocenters. The normalized spacial score (nSPS) is 9.61. The number of anilines is 2. The van der Waals surface area contributed by atoms with Crippen molar-refractivity contribution >= 4 is 40.6 Å². The van der Waals surface area contributed by atoms with Crippen molar-refractivity contribution in [2.45, 2.75) is 0 Å². The summed E-state index contributed by atoms with van der Waals surface area (Å²) < 4.78 is 0. The van der Waals surface area contributed by atoms with Crippen molar-refractivity contribution < 1.29 is 0 Å². The number of hydrogen-bond donors (Lipinski definition) is 3. The van der Waals surface area contributed by atoms with Crippen LogP contribution >= 0.6 is 23.8 Å². The van der Waals surface area contributed by atoms with E-state index in [1.54, 1.807) is 0 Å². The summed E-state index contributed by atoms with van der Waals surface area (Å²) in [6.45, 7) is 0. The molecule has 0 aliphatic heterocycles. The van der Waals surface area contributed by atoms with Crippen LogP contribution < -0.4 is 16.2 Å². The molecule has 1 aromatic heterocycles. The first-order valence-corrected chi connectivity index (χ1v) is 5.88. The predicted molar refractivity (Wildman–Crippen MR) is 76.5 cm³/mol. The summed E-state index contributed by atoms with van der Waals surface area (Å²) in [5, 5.41) is 3.89. The van der Waals surface area contributed by atoms with Gasteiger partial charge in [-0.25, -0.2) is 9.97 Å². The van der Waals surface area contributed by atoms with Crippen LogP contribution in [-0.2, 0) is 0 Å². The van der Waals surface area contributed by atoms with Crippen molar-refractivity contribution in [3.63, 3.8) is 0 Å². The van der Waals surface area contributed by atoms with Gasteiger partial charge in [0.05, 0.1) is 17.4 Å². The van der Waals surface area contributed by atoms with E-state index in [9.17, 15) is 0 Å². The molecule has 0 aliphatic carbocycles. The monoisotopic (exact) mass is 279 g/mol. The molecule has 0 radical (unpaired) electrons. The fraction of sp³-hybridized carbons (Fsp3) is 0. The molecule has 0 fully saturated rings. The number of halogens is 1. The number of hydrogen-bond acceptors (Lipinski definition) is 4. The Balaban J connectivity index is 1.83. The number of nitrogens with zero attached hydrogens (tertiary/aromatic N) is 2. The molecule has 0 spiro atoms. The average Bonchev–Trinajstić information content (AvgIpc) is 2.39. The number of rotatable bonds is 3. The van der Waals surface area contributed by atoms with Crippen molar-refractivity contribution in [1.82, 2.24) is 15.4 Å². The first-order chi connectivity index (χ1) is 8.74. The molecular weight excluding hydrogens is 270 g/mol. The minimum absolute atomic E-state index is 0.386. The SMILES string of the molecule is S=C(NNc1ncc(Cl)cn1)Nc1ccccc1. The quantitative estimate of drug-likeness (QED) is 0.593. The Bertz CT molecular complexity index is 517. The summed E-state index contributed by atoms with van der Waals surface area (Å²) in [5.41, 5.74) is 6.42. The highest BCUT2D eigenvalue weighted by atomic mass is 35.5. The molecule has 2 rings (SSSR count). The van der Waals surface area contributed by atoms with Gasteiger partial charge in [-0.2, -0.15) is 0 Å². The number of nitrogens with one attached hydrogen (secondary N) is 3. The summed E-state index contributed by atoms with van der Waals surface area (Å²) in [5.74, 6) is 0.386. The number of hydrazine groups is 1. The predicted octanol–water partition coefficient (Wildman–Crippen LogP) is 2.44. The molecule has 0 aliphatic rings. The Labute approximate surface area is 115 Å². The fourth-order valence-corrected chi connectivity index (χ4v) is 1.44. The van der Waals surface area contributed by atoms with E-state index < -0.39 is 0 Å². The van der Waals surface area contributed by atoms with Gasteiger partial charge in [0, 0.05) is 5.69 Å². The van der Waals surface area contributed by atoms with E-state index in [-0.39, 0.29) is 0 Å². The first-order valence-electron chi connectivity index (χ1n) is 5.09. The van der Waals surface area contributed by atoms with Gasteiger partial charge in [-0.05, 0) is 24.4 Å². The summed E-state index contributed by atoms with van der Waals surface area (Å²) in [7, 11) is 0. The van der Waals surface area contributed by atoms with Crippen LogP contribution in [0.2, 0.25) is 5.02 Å². The lowest BCUT2D eigenvalue weighted by atomic mass is 10.3. The van der Waals surface area contributed by atoms with Crippen LogP contribution in [0.4, 0.5) is 11.6 Å². The molecule has 5 nitrogen and oxygen atoms in total. The van der Waals surface area contributed by atoms with E-state index in [0.29, 0.717) is 16.1 Å². The second-order valence-electron chi connectivity index (χ2n) is 3.30. The minimum atomic E-state index is 0.386. The van der Waals surface area contributed by atoms with Crippen LogP contribution in [0.1, 0.15) is 0 Å². The van der Waals surface area contributed by atoms with E-state index in [4.69, 9.17) is 23.8 Å². The fourth-order valence-electron chi connectivity index (χ4n) is 1.17. The third kappa shape index (κ3) is 3.83. The van der Waals surface area contributed by atoms with Gasteiger partial charge in [0.1, 0.15) is 0 Å². The van der Waals surface area contributed by atoms with Crippen molar-refractivity contribution in [3.05, 3.63) is 47.7 Å². The smallest absolute Gasteiger partial charge is 0.241 e. The molecule has 0 atom stereocenters. The van der Waals surface area contributed by atoms with Gasteiger partial charge in [-0.1, -0.05) is 29.8 Å². The maximum atomic E-state index is 5.67. The zero-order valence-corrected chi connectivity index (χ0v) is 10.8. The second-order valence-corrected chi connectivity index (χ2v) is 4.14. The van der Waals surface area contributed by atoms with Crippen LogP contribution in [0, 0.1) is 0 Å². The van der Waals surface area contributed by atoms with E-state index in [2.05, 4.69) is 26.1 Å². The Hall–Kier alpha value is -1.92. The zero-order chi connectivity index (χ0) is 12.8. The van der Waals surface area contributed by atoms with E-state index in [1.807, 2.05) is 30.3 Å². The average molecular weight is 280 g/mol. The third-order valence-corrected chi connectivity index (χ3v) is 2.34. The maximum Gasteiger partial charge on any atom is 0.241 e. The van der Waals surface area contributed by atoms with Crippen LogP contribution in [0.25, 0.3) is 0 Å². The highest BCUT2D eigenvalue weighted by Crippen LogP contribution is 2.05. The lowest BCUT2D eigenvalue weighted by molar-refractivity contribution is 1.04. The van der Waals surface area contributed by atoms with Crippen LogP contribution in [0.3, 0.4) is 0 Å². The second kappa shape index (κ2) is 6.13. The van der Waals surface area contributed by atoms with Gasteiger partial charge in [0.25, 0.3) is 0 Å². The molecule has 3 N–H and O–H groups in total. The van der Waals surface area contributed by atoms with Gasteiger partial charge in [-0.3, -0.25) is 10.9 Å². The lowest BCUT2D eigenvalue weighted by Crippen LogP contribution is -2.34. The summed E-state index contributed by atoms with van der Waals surface area (Å²) in [6.07, 6.45) is 2.98. The topological polar surface area (TPSA) is 61.9 Å². The van der Waals surface area contributed by atoms with Crippen LogP contribution in [0.5, 0.6) is 0 Å². The van der Waals surface area contributed by atoms with Crippen LogP contribution in [-0.4, -0.2) is 15.1 Å². The zero-order valence-electron chi connectivity index (χ0n) is 9.22. The molecule has 2 aromatic rings. The molecule has 92 valence electrons. The third-order valence-electron chi connectivity index (χ3n) is 1.94. The van der Waals surface area contributed by atoms with Crippen molar-refractivity contribution in [3.8, 4) is 0 Å². The first kappa shape index (κ1) is 12.5. The maximum absolute atomic E-state index is 5.67. The molecular formula is C11H10ClN5S. The molecule has 0 bridgehead atoms. The van der Waals surface area contributed by atoms with Gasteiger partial charge < -0.3 is 5.32 Å². The Kier molecular flexibility index (Phi) is 4.27. The molecule has 0 amide bonds.